The minimum absolute atomic E-state index is 0.00750. The lowest BCUT2D eigenvalue weighted by atomic mass is 10.2. The fourth-order valence-corrected chi connectivity index (χ4v) is 4.33. The Balaban J connectivity index is 2.36. The summed E-state index contributed by atoms with van der Waals surface area (Å²) in [5.41, 5.74) is 0. The van der Waals surface area contributed by atoms with Crippen LogP contribution in [0.25, 0.3) is 0 Å². The van der Waals surface area contributed by atoms with E-state index in [2.05, 4.69) is 5.32 Å². The van der Waals surface area contributed by atoms with E-state index in [1.54, 1.807) is 18.2 Å². The predicted octanol–water partition coefficient (Wildman–Crippen LogP) is 1.78. The largest absolute Gasteiger partial charge is 0.356 e. The van der Waals surface area contributed by atoms with E-state index in [9.17, 15) is 13.2 Å². The maximum atomic E-state index is 12.4. The van der Waals surface area contributed by atoms with Gasteiger partial charge in [0.15, 0.2) is 9.84 Å². The third-order valence-electron chi connectivity index (χ3n) is 3.02. The fraction of sp³-hybridized carbons (Fsp3) is 0.417. The van der Waals surface area contributed by atoms with Crippen LogP contribution in [0, 0.1) is 0 Å². The first kappa shape index (κ1) is 13.4. The molecule has 1 fully saturated rings. The molecule has 98 valence electrons. The Bertz CT molecular complexity index is 556. The van der Waals surface area contributed by atoms with Gasteiger partial charge >= 0.3 is 0 Å². The summed E-state index contributed by atoms with van der Waals surface area (Å²) in [6.07, 6.45) is 1.15. The average molecular weight is 288 g/mol. The van der Waals surface area contributed by atoms with Crippen molar-refractivity contribution < 1.29 is 13.2 Å². The summed E-state index contributed by atoms with van der Waals surface area (Å²) in [6.45, 7) is 0.535. The SMILES string of the molecule is O=C1CC(S(=O)(=O)c2ccccc2Cl)CCCN1. The van der Waals surface area contributed by atoms with E-state index in [0.717, 1.165) is 0 Å². The van der Waals surface area contributed by atoms with Crippen LogP contribution in [0.1, 0.15) is 19.3 Å². The maximum Gasteiger partial charge on any atom is 0.221 e. The summed E-state index contributed by atoms with van der Waals surface area (Å²) in [5.74, 6) is -0.215. The summed E-state index contributed by atoms with van der Waals surface area (Å²) in [7, 11) is -3.54. The van der Waals surface area contributed by atoms with Crippen molar-refractivity contribution in [1.82, 2.24) is 5.32 Å². The van der Waals surface area contributed by atoms with Gasteiger partial charge in [-0.1, -0.05) is 23.7 Å². The normalized spacial score (nSPS) is 21.2. The highest BCUT2D eigenvalue weighted by Crippen LogP contribution is 2.28. The lowest BCUT2D eigenvalue weighted by Gasteiger charge is -2.15. The monoisotopic (exact) mass is 287 g/mol. The van der Waals surface area contributed by atoms with Gasteiger partial charge < -0.3 is 5.32 Å². The predicted molar refractivity (Wildman–Crippen MR) is 69.3 cm³/mol. The number of hydrogen-bond donors (Lipinski definition) is 1. The van der Waals surface area contributed by atoms with Crippen LogP contribution < -0.4 is 5.32 Å². The van der Waals surface area contributed by atoms with Gasteiger partial charge in [0.05, 0.1) is 15.2 Å². The molecule has 18 heavy (non-hydrogen) atoms. The number of amides is 1. The minimum Gasteiger partial charge on any atom is -0.356 e. The molecule has 0 aliphatic carbocycles. The first-order valence-corrected chi connectivity index (χ1v) is 7.69. The topological polar surface area (TPSA) is 63.2 Å². The van der Waals surface area contributed by atoms with E-state index in [-0.39, 0.29) is 22.2 Å². The Kier molecular flexibility index (Phi) is 3.92. The molecule has 1 N–H and O–H groups in total. The van der Waals surface area contributed by atoms with E-state index < -0.39 is 15.1 Å². The van der Waals surface area contributed by atoms with Crippen molar-refractivity contribution in [3.05, 3.63) is 29.3 Å². The van der Waals surface area contributed by atoms with Crippen molar-refractivity contribution in [3.63, 3.8) is 0 Å². The number of carbonyl (C=O) groups excluding carboxylic acids is 1. The number of halogens is 1. The summed E-state index contributed by atoms with van der Waals surface area (Å²) >= 11 is 5.93. The van der Waals surface area contributed by atoms with Gasteiger partial charge in [0.2, 0.25) is 5.91 Å². The molecule has 1 atom stereocenters. The van der Waals surface area contributed by atoms with Gasteiger partial charge in [-0.2, -0.15) is 0 Å². The van der Waals surface area contributed by atoms with E-state index in [4.69, 9.17) is 11.6 Å². The molecule has 0 aromatic heterocycles. The van der Waals surface area contributed by atoms with Gasteiger partial charge in [0.1, 0.15) is 0 Å². The highest BCUT2D eigenvalue weighted by Gasteiger charge is 2.32. The molecule has 1 aromatic carbocycles. The molecule has 1 amide bonds. The van der Waals surface area contributed by atoms with Crippen LogP contribution in [-0.4, -0.2) is 26.1 Å². The Hall–Kier alpha value is -1.07. The van der Waals surface area contributed by atoms with Crippen LogP contribution in [-0.2, 0) is 14.6 Å². The van der Waals surface area contributed by atoms with Crippen LogP contribution in [0.15, 0.2) is 29.2 Å². The molecule has 0 bridgehead atoms. The fourth-order valence-electron chi connectivity index (χ4n) is 2.06. The standard InChI is InChI=1S/C12H14ClNO3S/c13-10-5-1-2-6-11(10)18(16,17)9-4-3-7-14-12(15)8-9/h1-2,5-6,9H,3-4,7-8H2,(H,14,15). The molecule has 1 unspecified atom stereocenters. The summed E-state index contributed by atoms with van der Waals surface area (Å²) in [5, 5.41) is 2.21. The Labute approximate surface area is 111 Å². The molecule has 1 heterocycles. The van der Waals surface area contributed by atoms with Crippen molar-refractivity contribution in [2.45, 2.75) is 29.4 Å². The van der Waals surface area contributed by atoms with Gasteiger partial charge in [-0.25, -0.2) is 8.42 Å². The molecule has 6 heteroatoms. The van der Waals surface area contributed by atoms with Crippen molar-refractivity contribution in [2.75, 3.05) is 6.54 Å². The number of benzene rings is 1. The third kappa shape index (κ3) is 2.67. The smallest absolute Gasteiger partial charge is 0.221 e. The Morgan fingerprint density at radius 3 is 2.72 bits per heavy atom. The molecular weight excluding hydrogens is 274 g/mol. The zero-order chi connectivity index (χ0) is 13.2. The summed E-state index contributed by atoms with van der Waals surface area (Å²) < 4.78 is 24.9. The molecule has 0 spiro atoms. The third-order valence-corrected chi connectivity index (χ3v) is 5.71. The number of sulfone groups is 1. The Morgan fingerprint density at radius 2 is 2.00 bits per heavy atom. The van der Waals surface area contributed by atoms with Crippen LogP contribution in [0.5, 0.6) is 0 Å². The highest BCUT2D eigenvalue weighted by molar-refractivity contribution is 7.92. The van der Waals surface area contributed by atoms with Crippen LogP contribution in [0.4, 0.5) is 0 Å². The molecule has 0 saturated carbocycles. The van der Waals surface area contributed by atoms with Crippen LogP contribution in [0.3, 0.4) is 0 Å². The van der Waals surface area contributed by atoms with Gasteiger partial charge in [-0.05, 0) is 25.0 Å². The first-order chi connectivity index (χ1) is 8.51. The zero-order valence-corrected chi connectivity index (χ0v) is 11.3. The van der Waals surface area contributed by atoms with Crippen LogP contribution >= 0.6 is 11.6 Å². The average Bonchev–Trinajstić information content (AvgIpc) is 2.54. The molecule has 1 saturated heterocycles. The van der Waals surface area contributed by atoms with Gasteiger partial charge in [-0.3, -0.25) is 4.79 Å². The second kappa shape index (κ2) is 5.28. The molecule has 2 rings (SSSR count). The second-order valence-corrected chi connectivity index (χ2v) is 6.90. The van der Waals surface area contributed by atoms with E-state index in [1.807, 2.05) is 0 Å². The highest BCUT2D eigenvalue weighted by atomic mass is 35.5. The number of rotatable bonds is 2. The first-order valence-electron chi connectivity index (χ1n) is 5.77. The van der Waals surface area contributed by atoms with E-state index in [1.165, 1.54) is 6.07 Å². The Morgan fingerprint density at radius 1 is 1.28 bits per heavy atom. The molecule has 1 aliphatic rings. The lowest BCUT2D eigenvalue weighted by Crippen LogP contribution is -2.27. The number of hydrogen-bond acceptors (Lipinski definition) is 3. The van der Waals surface area contributed by atoms with Gasteiger partial charge in [-0.15, -0.1) is 0 Å². The van der Waals surface area contributed by atoms with Crippen LogP contribution in [0.2, 0.25) is 5.02 Å². The van der Waals surface area contributed by atoms with Crippen molar-refractivity contribution in [3.8, 4) is 0 Å². The molecule has 0 radical (unpaired) electrons. The quantitative estimate of drug-likeness (QED) is 0.902. The second-order valence-electron chi connectivity index (χ2n) is 4.29. The van der Waals surface area contributed by atoms with E-state index in [0.29, 0.717) is 19.4 Å². The molecule has 1 aliphatic heterocycles. The molecular formula is C12H14ClNO3S. The van der Waals surface area contributed by atoms with Crippen molar-refractivity contribution in [1.29, 1.82) is 0 Å². The molecule has 4 nitrogen and oxygen atoms in total. The maximum absolute atomic E-state index is 12.4. The number of carbonyl (C=O) groups is 1. The van der Waals surface area contributed by atoms with Gasteiger partial charge in [0.25, 0.3) is 0 Å². The van der Waals surface area contributed by atoms with E-state index >= 15 is 0 Å². The summed E-state index contributed by atoms with van der Waals surface area (Å²) in [6, 6.07) is 6.35. The van der Waals surface area contributed by atoms with Gasteiger partial charge in [0, 0.05) is 13.0 Å². The molecule has 1 aromatic rings. The zero-order valence-electron chi connectivity index (χ0n) is 9.73. The lowest BCUT2D eigenvalue weighted by molar-refractivity contribution is -0.120. The number of nitrogens with one attached hydrogen (secondary N) is 1. The van der Waals surface area contributed by atoms with Crippen molar-refractivity contribution in [2.24, 2.45) is 0 Å². The summed E-state index contributed by atoms with van der Waals surface area (Å²) in [4.78, 5) is 11.6. The minimum atomic E-state index is -3.54. The van der Waals surface area contributed by atoms with Crippen molar-refractivity contribution >= 4 is 27.3 Å².